The number of carbonyl (C=O) groups excluding carboxylic acids is 1. The summed E-state index contributed by atoms with van der Waals surface area (Å²) in [6.07, 6.45) is 2.82. The molecule has 0 radical (unpaired) electrons. The normalized spacial score (nSPS) is 24.7. The van der Waals surface area contributed by atoms with E-state index in [1.54, 1.807) is 6.07 Å². The number of amides is 1. The maximum absolute atomic E-state index is 11.4. The first-order chi connectivity index (χ1) is 15.0. The average Bonchev–Trinajstić information content (AvgIpc) is 3.11. The van der Waals surface area contributed by atoms with Crippen molar-refractivity contribution in [3.8, 4) is 11.5 Å². The highest BCUT2D eigenvalue weighted by Crippen LogP contribution is 2.33. The Bertz CT molecular complexity index is 883. The van der Waals surface area contributed by atoms with Crippen molar-refractivity contribution in [2.45, 2.75) is 57.0 Å². The highest BCUT2D eigenvalue weighted by atomic mass is 35.5. The quantitative estimate of drug-likeness (QED) is 0.701. The minimum absolute atomic E-state index is 0.0782. The number of carbonyl (C=O) groups is 1. The smallest absolute Gasteiger partial charge is 0.221 e. The van der Waals surface area contributed by atoms with E-state index in [9.17, 15) is 9.90 Å². The van der Waals surface area contributed by atoms with Gasteiger partial charge in [-0.3, -0.25) is 9.69 Å². The van der Waals surface area contributed by atoms with Crippen LogP contribution < -0.4 is 14.8 Å². The number of hydrogen-bond acceptors (Lipinski definition) is 5. The van der Waals surface area contributed by atoms with Crippen LogP contribution in [0.25, 0.3) is 0 Å². The predicted octanol–water partition coefficient (Wildman–Crippen LogP) is 4.11. The number of aliphatic hydroxyl groups excluding tert-OH is 1. The van der Waals surface area contributed by atoms with Gasteiger partial charge in [-0.05, 0) is 62.1 Å². The van der Waals surface area contributed by atoms with Crippen molar-refractivity contribution in [3.63, 3.8) is 0 Å². The van der Waals surface area contributed by atoms with Gasteiger partial charge in [-0.25, -0.2) is 0 Å². The topological polar surface area (TPSA) is 71.0 Å². The molecular formula is C24H29ClN2O4. The van der Waals surface area contributed by atoms with Crippen LogP contribution in [-0.4, -0.2) is 53.4 Å². The number of aliphatic hydroxyl groups is 1. The first-order valence-corrected chi connectivity index (χ1v) is 11.2. The number of nitrogens with zero attached hydrogens (tertiary/aromatic N) is 1. The molecule has 2 aromatic carbocycles. The second-order valence-electron chi connectivity index (χ2n) is 8.28. The van der Waals surface area contributed by atoms with Gasteiger partial charge in [0.2, 0.25) is 5.91 Å². The Morgan fingerprint density at radius 2 is 1.74 bits per heavy atom. The Labute approximate surface area is 188 Å². The van der Waals surface area contributed by atoms with Gasteiger partial charge < -0.3 is 19.9 Å². The summed E-state index contributed by atoms with van der Waals surface area (Å²) in [5, 5.41) is 14.5. The molecule has 31 heavy (non-hydrogen) atoms. The van der Waals surface area contributed by atoms with Gasteiger partial charge in [0.15, 0.2) is 0 Å². The molecule has 6 nitrogen and oxygen atoms in total. The lowest BCUT2D eigenvalue weighted by molar-refractivity contribution is -0.114. The molecule has 1 amide bonds. The number of rotatable bonds is 6. The Kier molecular flexibility index (Phi) is 7.00. The zero-order valence-corrected chi connectivity index (χ0v) is 18.4. The van der Waals surface area contributed by atoms with Crippen LogP contribution >= 0.6 is 11.6 Å². The van der Waals surface area contributed by atoms with E-state index in [2.05, 4.69) is 10.2 Å². The van der Waals surface area contributed by atoms with Gasteiger partial charge in [0.1, 0.15) is 29.8 Å². The largest absolute Gasteiger partial charge is 0.490 e. The molecule has 1 aliphatic carbocycles. The lowest BCUT2D eigenvalue weighted by Crippen LogP contribution is -2.49. The van der Waals surface area contributed by atoms with E-state index >= 15 is 0 Å². The average molecular weight is 445 g/mol. The van der Waals surface area contributed by atoms with Gasteiger partial charge in [0.05, 0.1) is 5.69 Å². The van der Waals surface area contributed by atoms with E-state index in [1.165, 1.54) is 6.92 Å². The first-order valence-electron chi connectivity index (χ1n) is 10.9. The second-order valence-corrected chi connectivity index (χ2v) is 8.71. The molecule has 2 fully saturated rings. The SMILES string of the molecule is CC(=O)Nc1ccccc1O[C@H]1CC[C@H](N2CCC(Oc3ccc(Cl)cc3)CC2)[C@H]1O. The number of likely N-dealkylation sites (tertiary alicyclic amines) is 1. The van der Waals surface area contributed by atoms with Crippen LogP contribution in [0, 0.1) is 0 Å². The van der Waals surface area contributed by atoms with Crippen LogP contribution in [0.5, 0.6) is 11.5 Å². The zero-order valence-electron chi connectivity index (χ0n) is 17.7. The summed E-state index contributed by atoms with van der Waals surface area (Å²) in [6, 6.07) is 14.9. The van der Waals surface area contributed by atoms with E-state index in [0.717, 1.165) is 44.5 Å². The summed E-state index contributed by atoms with van der Waals surface area (Å²) >= 11 is 5.94. The predicted molar refractivity (Wildman–Crippen MR) is 121 cm³/mol. The van der Waals surface area contributed by atoms with Crippen LogP contribution in [0.3, 0.4) is 0 Å². The van der Waals surface area contributed by atoms with Gasteiger partial charge in [0.25, 0.3) is 0 Å². The van der Waals surface area contributed by atoms with Crippen LogP contribution in [0.15, 0.2) is 48.5 Å². The monoisotopic (exact) mass is 444 g/mol. The summed E-state index contributed by atoms with van der Waals surface area (Å²) in [5.74, 6) is 1.29. The molecule has 2 N–H and O–H groups in total. The Hall–Kier alpha value is -2.28. The number of ether oxygens (including phenoxy) is 2. The van der Waals surface area contributed by atoms with Crippen LogP contribution in [-0.2, 0) is 4.79 Å². The fraction of sp³-hybridized carbons (Fsp3) is 0.458. The maximum atomic E-state index is 11.4. The third kappa shape index (κ3) is 5.50. The summed E-state index contributed by atoms with van der Waals surface area (Å²) < 4.78 is 12.2. The number of hydrogen-bond donors (Lipinski definition) is 2. The van der Waals surface area contributed by atoms with E-state index < -0.39 is 6.10 Å². The zero-order chi connectivity index (χ0) is 21.8. The van der Waals surface area contributed by atoms with Crippen molar-refractivity contribution in [2.24, 2.45) is 0 Å². The Morgan fingerprint density at radius 3 is 2.45 bits per heavy atom. The fourth-order valence-corrected chi connectivity index (χ4v) is 4.63. The molecule has 4 rings (SSSR count). The fourth-order valence-electron chi connectivity index (χ4n) is 4.51. The third-order valence-electron chi connectivity index (χ3n) is 6.06. The van der Waals surface area contributed by atoms with Crippen molar-refractivity contribution in [3.05, 3.63) is 53.6 Å². The minimum Gasteiger partial charge on any atom is -0.490 e. The van der Waals surface area contributed by atoms with Crippen molar-refractivity contribution >= 4 is 23.2 Å². The highest BCUT2D eigenvalue weighted by molar-refractivity contribution is 6.30. The highest BCUT2D eigenvalue weighted by Gasteiger charge is 2.41. The van der Waals surface area contributed by atoms with Gasteiger partial charge in [-0.2, -0.15) is 0 Å². The number of anilines is 1. The molecule has 166 valence electrons. The number of nitrogens with one attached hydrogen (secondary N) is 1. The summed E-state index contributed by atoms with van der Waals surface area (Å²) in [7, 11) is 0. The number of para-hydroxylation sites is 2. The van der Waals surface area contributed by atoms with Crippen LogP contribution in [0.4, 0.5) is 5.69 Å². The lowest BCUT2D eigenvalue weighted by atomic mass is 10.0. The minimum atomic E-state index is -0.570. The molecule has 1 heterocycles. The molecule has 2 aromatic rings. The standard InChI is InChI=1S/C24H29ClN2O4/c1-16(28)26-20-4-2-3-5-22(20)31-23-11-10-21(24(23)29)27-14-12-19(13-15-27)30-18-8-6-17(25)7-9-18/h2-9,19,21,23-24,29H,10-15H2,1H3,(H,26,28)/t21-,23-,24+/m0/s1. The lowest BCUT2D eigenvalue weighted by Gasteiger charge is -2.37. The van der Waals surface area contributed by atoms with E-state index in [0.29, 0.717) is 16.5 Å². The summed E-state index contributed by atoms with van der Waals surface area (Å²) in [4.78, 5) is 13.8. The number of halogens is 1. The first kappa shape index (κ1) is 21.9. The van der Waals surface area contributed by atoms with Crippen molar-refractivity contribution in [2.75, 3.05) is 18.4 Å². The molecule has 3 atom stereocenters. The van der Waals surface area contributed by atoms with E-state index in [-0.39, 0.29) is 24.2 Å². The summed E-state index contributed by atoms with van der Waals surface area (Å²) in [5.41, 5.74) is 0.630. The van der Waals surface area contributed by atoms with Crippen molar-refractivity contribution < 1.29 is 19.4 Å². The molecule has 0 aromatic heterocycles. The molecular weight excluding hydrogens is 416 g/mol. The molecule has 7 heteroatoms. The second kappa shape index (κ2) is 9.90. The number of benzene rings is 2. The molecule has 1 aliphatic heterocycles. The van der Waals surface area contributed by atoms with E-state index in [1.807, 2.05) is 42.5 Å². The molecule has 2 aliphatic rings. The van der Waals surface area contributed by atoms with E-state index in [4.69, 9.17) is 21.1 Å². The van der Waals surface area contributed by atoms with Crippen LogP contribution in [0.1, 0.15) is 32.6 Å². The van der Waals surface area contributed by atoms with Gasteiger partial charge >= 0.3 is 0 Å². The number of piperidine rings is 1. The van der Waals surface area contributed by atoms with Crippen molar-refractivity contribution in [1.29, 1.82) is 0 Å². The van der Waals surface area contributed by atoms with Gasteiger partial charge in [-0.15, -0.1) is 0 Å². The molecule has 0 spiro atoms. The third-order valence-corrected chi connectivity index (χ3v) is 6.31. The van der Waals surface area contributed by atoms with Crippen molar-refractivity contribution in [1.82, 2.24) is 4.90 Å². The Balaban J connectivity index is 1.30. The molecule has 0 unspecified atom stereocenters. The molecule has 0 bridgehead atoms. The summed E-state index contributed by atoms with van der Waals surface area (Å²) in [6.45, 7) is 3.24. The van der Waals surface area contributed by atoms with Gasteiger partial charge in [-0.1, -0.05) is 23.7 Å². The maximum Gasteiger partial charge on any atom is 0.221 e. The Morgan fingerprint density at radius 1 is 1.03 bits per heavy atom. The van der Waals surface area contributed by atoms with Crippen LogP contribution in [0.2, 0.25) is 5.02 Å². The molecule has 1 saturated carbocycles. The molecule has 1 saturated heterocycles. The van der Waals surface area contributed by atoms with Gasteiger partial charge in [0, 0.05) is 31.1 Å².